The number of rotatable bonds is 3. The van der Waals surface area contributed by atoms with Crippen LogP contribution >= 0.6 is 0 Å². The third-order valence-corrected chi connectivity index (χ3v) is 3.72. The largest absolute Gasteiger partial charge is 0.465 e. The van der Waals surface area contributed by atoms with Crippen molar-refractivity contribution in [2.24, 2.45) is 0 Å². The van der Waals surface area contributed by atoms with Gasteiger partial charge in [0.05, 0.1) is 11.3 Å². The molecule has 0 unspecified atom stereocenters. The minimum absolute atomic E-state index is 0.0856. The van der Waals surface area contributed by atoms with Crippen LogP contribution in [0, 0.1) is 6.92 Å². The third-order valence-electron chi connectivity index (χ3n) is 3.72. The minimum Gasteiger partial charge on any atom is -0.465 e. The van der Waals surface area contributed by atoms with Gasteiger partial charge < -0.3 is 10.1 Å². The Kier molecular flexibility index (Phi) is 4.57. The molecule has 8 heteroatoms. The molecule has 26 heavy (non-hydrogen) atoms. The smallest absolute Gasteiger partial charge is 0.409 e. The van der Waals surface area contributed by atoms with Crippen molar-refractivity contribution in [2.75, 3.05) is 5.32 Å². The number of hydrazine groups is 1. The normalized spacial score (nSPS) is 10.3. The van der Waals surface area contributed by atoms with Gasteiger partial charge in [0.2, 0.25) is 0 Å². The lowest BCUT2D eigenvalue weighted by Gasteiger charge is -2.10. The average Bonchev–Trinajstić information content (AvgIpc) is 3.02. The average molecular weight is 352 g/mol. The fourth-order valence-electron chi connectivity index (χ4n) is 2.53. The zero-order chi connectivity index (χ0) is 18.7. The Labute approximate surface area is 148 Å². The molecule has 3 aromatic rings. The van der Waals surface area contributed by atoms with Crippen molar-refractivity contribution in [3.63, 3.8) is 0 Å². The number of aryl methyl sites for hydroxylation is 1. The minimum atomic E-state index is -1.29. The quantitative estimate of drug-likeness (QED) is 0.465. The fourth-order valence-corrected chi connectivity index (χ4v) is 2.53. The van der Waals surface area contributed by atoms with Gasteiger partial charge >= 0.3 is 6.09 Å². The van der Waals surface area contributed by atoms with Gasteiger partial charge in [0.15, 0.2) is 0 Å². The Morgan fingerprint density at radius 1 is 0.962 bits per heavy atom. The molecule has 1 heterocycles. The molecule has 2 aromatic carbocycles. The van der Waals surface area contributed by atoms with E-state index in [0.29, 0.717) is 5.69 Å². The van der Waals surface area contributed by atoms with E-state index in [4.69, 9.17) is 5.11 Å². The molecule has 132 valence electrons. The van der Waals surface area contributed by atoms with Crippen LogP contribution in [0.1, 0.15) is 26.4 Å². The lowest BCUT2D eigenvalue weighted by atomic mass is 10.1. The van der Waals surface area contributed by atoms with Crippen molar-refractivity contribution in [1.82, 2.24) is 15.8 Å². The Bertz CT molecular complexity index is 1010. The van der Waals surface area contributed by atoms with Crippen LogP contribution in [0.15, 0.2) is 48.5 Å². The monoisotopic (exact) mass is 352 g/mol. The molecule has 3 amide bonds. The van der Waals surface area contributed by atoms with Gasteiger partial charge in [0.1, 0.15) is 5.69 Å². The topological polar surface area (TPSA) is 123 Å². The number of carbonyl (C=O) groups is 3. The molecule has 0 saturated carbocycles. The van der Waals surface area contributed by atoms with Crippen molar-refractivity contribution in [3.8, 4) is 0 Å². The van der Waals surface area contributed by atoms with E-state index in [0.717, 1.165) is 16.5 Å². The summed E-state index contributed by atoms with van der Waals surface area (Å²) in [6.07, 6.45) is -1.29. The van der Waals surface area contributed by atoms with E-state index in [1.165, 1.54) is 12.1 Å². The predicted octanol–water partition coefficient (Wildman–Crippen LogP) is 2.64. The summed E-state index contributed by atoms with van der Waals surface area (Å²) >= 11 is 0. The number of benzene rings is 2. The Hall–Kier alpha value is -3.81. The number of carboxylic acid groups (broad SMARTS) is 1. The van der Waals surface area contributed by atoms with Crippen LogP contribution in [0.25, 0.3) is 10.9 Å². The van der Waals surface area contributed by atoms with Crippen LogP contribution in [-0.2, 0) is 0 Å². The Morgan fingerprint density at radius 2 is 1.69 bits per heavy atom. The van der Waals surface area contributed by atoms with E-state index in [-0.39, 0.29) is 11.3 Å². The summed E-state index contributed by atoms with van der Waals surface area (Å²) in [5.41, 5.74) is 6.96. The summed E-state index contributed by atoms with van der Waals surface area (Å²) in [6, 6.07) is 13.5. The van der Waals surface area contributed by atoms with E-state index in [1.54, 1.807) is 18.2 Å². The SMILES string of the molecule is Cc1ccc2[nH]c(C(=O)NNC(=O)c3ccccc3NC(=O)O)cc2c1. The lowest BCUT2D eigenvalue weighted by molar-refractivity contribution is 0.0845. The second kappa shape index (κ2) is 6.98. The summed E-state index contributed by atoms with van der Waals surface area (Å²) in [5.74, 6) is -1.16. The molecular weight excluding hydrogens is 336 g/mol. The van der Waals surface area contributed by atoms with Crippen molar-refractivity contribution >= 4 is 34.5 Å². The second-order valence-corrected chi connectivity index (χ2v) is 5.66. The van der Waals surface area contributed by atoms with Crippen LogP contribution < -0.4 is 16.2 Å². The number of fused-ring (bicyclic) bond motifs is 1. The number of amides is 3. The lowest BCUT2D eigenvalue weighted by Crippen LogP contribution is -2.42. The van der Waals surface area contributed by atoms with Gasteiger partial charge in [0, 0.05) is 10.9 Å². The van der Waals surface area contributed by atoms with Crippen molar-refractivity contribution in [3.05, 3.63) is 65.4 Å². The summed E-state index contributed by atoms with van der Waals surface area (Å²) in [5, 5.41) is 11.8. The number of hydrogen-bond donors (Lipinski definition) is 5. The Morgan fingerprint density at radius 3 is 2.46 bits per heavy atom. The highest BCUT2D eigenvalue weighted by molar-refractivity contribution is 6.04. The molecule has 0 spiro atoms. The zero-order valence-corrected chi connectivity index (χ0v) is 13.8. The van der Waals surface area contributed by atoms with Crippen LogP contribution in [0.2, 0.25) is 0 Å². The number of anilines is 1. The number of H-pyrrole nitrogens is 1. The highest BCUT2D eigenvalue weighted by Gasteiger charge is 2.15. The van der Waals surface area contributed by atoms with Gasteiger partial charge in [-0.1, -0.05) is 23.8 Å². The number of aromatic nitrogens is 1. The molecule has 0 bridgehead atoms. The second-order valence-electron chi connectivity index (χ2n) is 5.66. The highest BCUT2D eigenvalue weighted by Crippen LogP contribution is 2.17. The van der Waals surface area contributed by atoms with Gasteiger partial charge in [-0.25, -0.2) is 4.79 Å². The number of nitrogens with one attached hydrogen (secondary N) is 4. The maximum absolute atomic E-state index is 12.2. The van der Waals surface area contributed by atoms with E-state index in [9.17, 15) is 14.4 Å². The van der Waals surface area contributed by atoms with E-state index < -0.39 is 17.9 Å². The Balaban J connectivity index is 1.71. The third kappa shape index (κ3) is 3.64. The highest BCUT2D eigenvalue weighted by atomic mass is 16.4. The van der Waals surface area contributed by atoms with Crippen LogP contribution in [0.4, 0.5) is 10.5 Å². The molecule has 0 atom stereocenters. The van der Waals surface area contributed by atoms with Crippen molar-refractivity contribution < 1.29 is 19.5 Å². The van der Waals surface area contributed by atoms with Crippen LogP contribution in [0.3, 0.4) is 0 Å². The molecule has 0 aliphatic carbocycles. The molecule has 0 saturated heterocycles. The van der Waals surface area contributed by atoms with Crippen molar-refractivity contribution in [2.45, 2.75) is 6.92 Å². The summed E-state index contributed by atoms with van der Waals surface area (Å²) in [4.78, 5) is 38.2. The number of hydrogen-bond acceptors (Lipinski definition) is 3. The van der Waals surface area contributed by atoms with Crippen LogP contribution in [0.5, 0.6) is 0 Å². The molecule has 0 fully saturated rings. The summed E-state index contributed by atoms with van der Waals surface area (Å²) in [6.45, 7) is 1.95. The molecule has 3 rings (SSSR count). The van der Waals surface area contributed by atoms with E-state index in [1.807, 2.05) is 25.1 Å². The van der Waals surface area contributed by atoms with Gasteiger partial charge in [-0.15, -0.1) is 0 Å². The van der Waals surface area contributed by atoms with E-state index in [2.05, 4.69) is 21.2 Å². The van der Waals surface area contributed by atoms with Gasteiger partial charge in [-0.05, 0) is 37.3 Å². The predicted molar refractivity (Wildman–Crippen MR) is 96.1 cm³/mol. The molecule has 1 aromatic heterocycles. The fraction of sp³-hybridized carbons (Fsp3) is 0.0556. The molecule has 8 nitrogen and oxygen atoms in total. The first kappa shape index (κ1) is 17.0. The standard InChI is InChI=1S/C18H16N4O4/c1-10-6-7-13-11(8-10)9-15(19-13)17(24)22-21-16(23)12-4-2-3-5-14(12)20-18(25)26/h2-9,19-20H,1H3,(H,21,23)(H,22,24)(H,25,26). The summed E-state index contributed by atoms with van der Waals surface area (Å²) < 4.78 is 0. The molecule has 0 radical (unpaired) electrons. The number of aromatic amines is 1. The number of para-hydroxylation sites is 1. The summed E-state index contributed by atoms with van der Waals surface area (Å²) in [7, 11) is 0. The maximum Gasteiger partial charge on any atom is 0.409 e. The van der Waals surface area contributed by atoms with Gasteiger partial charge in [0.25, 0.3) is 11.8 Å². The number of carbonyl (C=O) groups excluding carboxylic acids is 2. The molecule has 0 aliphatic heterocycles. The first-order valence-corrected chi connectivity index (χ1v) is 7.73. The molecule has 5 N–H and O–H groups in total. The van der Waals surface area contributed by atoms with Gasteiger partial charge in [-0.3, -0.25) is 25.8 Å². The van der Waals surface area contributed by atoms with Crippen molar-refractivity contribution in [1.29, 1.82) is 0 Å². The maximum atomic E-state index is 12.2. The molecule has 0 aliphatic rings. The molecular formula is C18H16N4O4. The van der Waals surface area contributed by atoms with Gasteiger partial charge in [-0.2, -0.15) is 0 Å². The first-order valence-electron chi connectivity index (χ1n) is 7.73. The first-order chi connectivity index (χ1) is 12.4. The van der Waals surface area contributed by atoms with E-state index >= 15 is 0 Å². The zero-order valence-electron chi connectivity index (χ0n) is 13.8. The van der Waals surface area contributed by atoms with Crippen LogP contribution in [-0.4, -0.2) is 28.0 Å².